The molecule has 0 amide bonds. The van der Waals surface area contributed by atoms with E-state index in [2.05, 4.69) is 23.5 Å². The maximum atomic E-state index is 5.71. The molecule has 0 aliphatic heterocycles. The molecule has 1 N–H and O–H groups in total. The number of hydrogen-bond acceptors (Lipinski definition) is 3. The smallest absolute Gasteiger partial charge is 0.106 e. The molecule has 1 atom stereocenters. The van der Waals surface area contributed by atoms with Gasteiger partial charge in [0.25, 0.3) is 0 Å². The molecule has 18 heavy (non-hydrogen) atoms. The van der Waals surface area contributed by atoms with E-state index < -0.39 is 0 Å². The van der Waals surface area contributed by atoms with Crippen molar-refractivity contribution in [3.8, 4) is 0 Å². The molecule has 0 radical (unpaired) electrons. The summed E-state index contributed by atoms with van der Waals surface area (Å²) in [5.74, 6) is 2.02. The molecule has 98 valence electrons. The Bertz CT molecular complexity index is 539. The quantitative estimate of drug-likeness (QED) is 0.902. The van der Waals surface area contributed by atoms with Crippen LogP contribution in [0, 0.1) is 20.8 Å². The van der Waals surface area contributed by atoms with Crippen molar-refractivity contribution in [2.24, 2.45) is 7.05 Å². The largest absolute Gasteiger partial charge is 0.466 e. The molecule has 0 saturated heterocycles. The van der Waals surface area contributed by atoms with E-state index in [0.717, 1.165) is 17.9 Å². The van der Waals surface area contributed by atoms with Crippen LogP contribution >= 0.6 is 0 Å². The van der Waals surface area contributed by atoms with Crippen molar-refractivity contribution >= 4 is 0 Å². The van der Waals surface area contributed by atoms with E-state index in [1.165, 1.54) is 16.7 Å². The predicted octanol–water partition coefficient (Wildman–Crippen LogP) is 2.44. The first-order valence-corrected chi connectivity index (χ1v) is 6.24. The van der Waals surface area contributed by atoms with Gasteiger partial charge in [-0.05, 0) is 45.4 Å². The molecule has 2 aromatic heterocycles. The van der Waals surface area contributed by atoms with Crippen LogP contribution in [0.25, 0.3) is 0 Å². The molecule has 2 heterocycles. The zero-order valence-corrected chi connectivity index (χ0v) is 11.7. The van der Waals surface area contributed by atoms with Crippen molar-refractivity contribution in [1.29, 1.82) is 0 Å². The van der Waals surface area contributed by atoms with Crippen LogP contribution in [-0.2, 0) is 13.5 Å². The number of nitrogens with zero attached hydrogens (tertiary/aromatic N) is 2. The molecule has 2 rings (SSSR count). The van der Waals surface area contributed by atoms with Crippen LogP contribution in [0.2, 0.25) is 0 Å². The standard InChI is InChI=1S/C14H21N3O/c1-9-10(2)18-11(3)14(9)13(15-4)6-12-7-16-17(5)8-12/h7-8,13,15H,6H2,1-5H3. The zero-order valence-electron chi connectivity index (χ0n) is 11.7. The molecule has 0 aromatic carbocycles. The van der Waals surface area contributed by atoms with E-state index in [1.54, 1.807) is 0 Å². The first-order valence-electron chi connectivity index (χ1n) is 6.24. The lowest BCUT2D eigenvalue weighted by atomic mass is 9.97. The van der Waals surface area contributed by atoms with Crippen molar-refractivity contribution < 1.29 is 4.42 Å². The maximum Gasteiger partial charge on any atom is 0.106 e. The highest BCUT2D eigenvalue weighted by molar-refractivity contribution is 5.35. The van der Waals surface area contributed by atoms with E-state index in [4.69, 9.17) is 4.42 Å². The topological polar surface area (TPSA) is 43.0 Å². The Balaban J connectivity index is 2.28. The summed E-state index contributed by atoms with van der Waals surface area (Å²) in [6.45, 7) is 6.17. The number of aromatic nitrogens is 2. The monoisotopic (exact) mass is 247 g/mol. The summed E-state index contributed by atoms with van der Waals surface area (Å²) >= 11 is 0. The number of rotatable bonds is 4. The Labute approximate surface area is 108 Å². The Morgan fingerprint density at radius 1 is 1.33 bits per heavy atom. The average Bonchev–Trinajstić information content (AvgIpc) is 2.82. The van der Waals surface area contributed by atoms with Gasteiger partial charge in [-0.1, -0.05) is 0 Å². The van der Waals surface area contributed by atoms with E-state index in [0.29, 0.717) is 0 Å². The molecule has 0 fully saturated rings. The number of furan rings is 1. The van der Waals surface area contributed by atoms with Crippen LogP contribution in [0.3, 0.4) is 0 Å². The van der Waals surface area contributed by atoms with Gasteiger partial charge in [-0.15, -0.1) is 0 Å². The average molecular weight is 247 g/mol. The molecule has 0 bridgehead atoms. The lowest BCUT2D eigenvalue weighted by Gasteiger charge is -2.16. The van der Waals surface area contributed by atoms with Crippen LogP contribution in [0.15, 0.2) is 16.8 Å². The first-order chi connectivity index (χ1) is 8.52. The van der Waals surface area contributed by atoms with E-state index in [1.807, 2.05) is 38.8 Å². The van der Waals surface area contributed by atoms with Crippen LogP contribution in [0.1, 0.15) is 34.3 Å². The van der Waals surface area contributed by atoms with Gasteiger partial charge < -0.3 is 9.73 Å². The SMILES string of the molecule is CNC(Cc1cnn(C)c1)c1c(C)oc(C)c1C. The van der Waals surface area contributed by atoms with Gasteiger partial charge in [0.2, 0.25) is 0 Å². The van der Waals surface area contributed by atoms with Crippen molar-refractivity contribution in [2.75, 3.05) is 7.05 Å². The van der Waals surface area contributed by atoms with E-state index in [9.17, 15) is 0 Å². The molecule has 2 aromatic rings. The third-order valence-corrected chi connectivity index (χ3v) is 3.51. The minimum Gasteiger partial charge on any atom is -0.466 e. The molecule has 0 aliphatic rings. The fourth-order valence-electron chi connectivity index (χ4n) is 2.48. The van der Waals surface area contributed by atoms with Gasteiger partial charge in [-0.2, -0.15) is 5.10 Å². The molecule has 0 spiro atoms. The minimum absolute atomic E-state index is 0.270. The molecular formula is C14H21N3O. The number of hydrogen-bond donors (Lipinski definition) is 1. The Morgan fingerprint density at radius 3 is 2.50 bits per heavy atom. The highest BCUT2D eigenvalue weighted by Crippen LogP contribution is 2.28. The second kappa shape index (κ2) is 4.98. The lowest BCUT2D eigenvalue weighted by molar-refractivity contribution is 0.489. The van der Waals surface area contributed by atoms with Gasteiger partial charge >= 0.3 is 0 Å². The van der Waals surface area contributed by atoms with Crippen LogP contribution in [0.5, 0.6) is 0 Å². The number of aryl methyl sites for hydroxylation is 3. The fraction of sp³-hybridized carbons (Fsp3) is 0.500. The number of nitrogens with one attached hydrogen (secondary N) is 1. The summed E-state index contributed by atoms with van der Waals surface area (Å²) in [7, 11) is 3.93. The summed E-state index contributed by atoms with van der Waals surface area (Å²) in [6.07, 6.45) is 4.90. The van der Waals surface area contributed by atoms with Crippen LogP contribution in [-0.4, -0.2) is 16.8 Å². The van der Waals surface area contributed by atoms with Gasteiger partial charge in [-0.3, -0.25) is 4.68 Å². The summed E-state index contributed by atoms with van der Waals surface area (Å²) < 4.78 is 7.55. The Hall–Kier alpha value is -1.55. The van der Waals surface area contributed by atoms with Crippen molar-refractivity contribution in [3.63, 3.8) is 0 Å². The predicted molar refractivity (Wildman–Crippen MR) is 71.6 cm³/mol. The van der Waals surface area contributed by atoms with Crippen molar-refractivity contribution in [2.45, 2.75) is 33.2 Å². The molecule has 4 nitrogen and oxygen atoms in total. The molecular weight excluding hydrogens is 226 g/mol. The first kappa shape index (κ1) is 12.9. The lowest BCUT2D eigenvalue weighted by Crippen LogP contribution is -2.19. The Morgan fingerprint density at radius 2 is 2.06 bits per heavy atom. The van der Waals surface area contributed by atoms with Crippen molar-refractivity contribution in [3.05, 3.63) is 40.6 Å². The molecule has 1 unspecified atom stereocenters. The van der Waals surface area contributed by atoms with Gasteiger partial charge in [-0.25, -0.2) is 0 Å². The van der Waals surface area contributed by atoms with Crippen molar-refractivity contribution in [1.82, 2.24) is 15.1 Å². The number of likely N-dealkylation sites (N-methyl/N-ethyl adjacent to an activating group) is 1. The summed E-state index contributed by atoms with van der Waals surface area (Å²) in [5, 5.41) is 7.59. The summed E-state index contributed by atoms with van der Waals surface area (Å²) in [6, 6.07) is 0.270. The molecule has 4 heteroatoms. The van der Waals surface area contributed by atoms with Gasteiger partial charge in [0.05, 0.1) is 6.20 Å². The minimum atomic E-state index is 0.270. The molecule has 0 aliphatic carbocycles. The third kappa shape index (κ3) is 2.34. The van der Waals surface area contributed by atoms with Gasteiger partial charge in [0, 0.05) is 24.8 Å². The third-order valence-electron chi connectivity index (χ3n) is 3.51. The maximum absolute atomic E-state index is 5.71. The normalized spacial score (nSPS) is 12.9. The zero-order chi connectivity index (χ0) is 13.3. The summed E-state index contributed by atoms with van der Waals surface area (Å²) in [5.41, 5.74) is 3.75. The van der Waals surface area contributed by atoms with Gasteiger partial charge in [0.15, 0.2) is 0 Å². The molecule has 0 saturated carbocycles. The Kier molecular flexibility index (Phi) is 3.57. The van der Waals surface area contributed by atoms with E-state index >= 15 is 0 Å². The highest BCUT2D eigenvalue weighted by atomic mass is 16.3. The second-order valence-corrected chi connectivity index (χ2v) is 4.82. The van der Waals surface area contributed by atoms with Crippen LogP contribution in [0.4, 0.5) is 0 Å². The second-order valence-electron chi connectivity index (χ2n) is 4.82. The fourth-order valence-corrected chi connectivity index (χ4v) is 2.48. The van der Waals surface area contributed by atoms with E-state index in [-0.39, 0.29) is 6.04 Å². The highest BCUT2D eigenvalue weighted by Gasteiger charge is 2.20. The van der Waals surface area contributed by atoms with Gasteiger partial charge in [0.1, 0.15) is 11.5 Å². The van der Waals surface area contributed by atoms with Crippen LogP contribution < -0.4 is 5.32 Å². The summed E-state index contributed by atoms with van der Waals surface area (Å²) in [4.78, 5) is 0.